The summed E-state index contributed by atoms with van der Waals surface area (Å²) >= 11 is 0. The van der Waals surface area contributed by atoms with E-state index in [4.69, 9.17) is 5.73 Å². The van der Waals surface area contributed by atoms with Crippen LogP contribution < -0.4 is 5.73 Å². The number of nitrogens with two attached hydrogens (primary N) is 1. The highest BCUT2D eigenvalue weighted by atomic mass is 15.3. The molecule has 1 heterocycles. The minimum Gasteiger partial charge on any atom is -0.329 e. The van der Waals surface area contributed by atoms with Crippen molar-refractivity contribution in [2.75, 3.05) is 33.7 Å². The molecule has 0 aromatic heterocycles. The topological polar surface area (TPSA) is 32.5 Å². The van der Waals surface area contributed by atoms with Crippen LogP contribution >= 0.6 is 0 Å². The van der Waals surface area contributed by atoms with E-state index in [-0.39, 0.29) is 0 Å². The number of benzene rings is 1. The molecule has 1 aliphatic rings. The molecule has 1 saturated heterocycles. The summed E-state index contributed by atoms with van der Waals surface area (Å²) in [5, 5.41) is 0. The molecule has 3 atom stereocenters. The first-order valence-corrected chi connectivity index (χ1v) is 7.20. The summed E-state index contributed by atoms with van der Waals surface area (Å²) in [7, 11) is 4.35. The van der Waals surface area contributed by atoms with Crippen molar-refractivity contribution < 1.29 is 0 Å². The van der Waals surface area contributed by atoms with E-state index in [0.717, 1.165) is 13.1 Å². The average Bonchev–Trinajstić information content (AvgIpc) is 2.75. The first-order chi connectivity index (χ1) is 9.02. The maximum Gasteiger partial charge on any atom is 0.0471 e. The molecule has 0 bridgehead atoms. The molecule has 3 nitrogen and oxygen atoms in total. The van der Waals surface area contributed by atoms with E-state index in [2.05, 4.69) is 62.0 Å². The highest BCUT2D eigenvalue weighted by Crippen LogP contribution is 2.28. The highest BCUT2D eigenvalue weighted by molar-refractivity contribution is 5.24. The van der Waals surface area contributed by atoms with Crippen LogP contribution in [-0.2, 0) is 0 Å². The van der Waals surface area contributed by atoms with E-state index in [1.165, 1.54) is 11.1 Å². The number of likely N-dealkylation sites (N-methyl/N-ethyl adjacent to an activating group) is 1. The first kappa shape index (κ1) is 14.5. The maximum atomic E-state index is 6.03. The molecule has 0 radical (unpaired) electrons. The van der Waals surface area contributed by atoms with Gasteiger partial charge in [0.05, 0.1) is 0 Å². The third-order valence-corrected chi connectivity index (χ3v) is 4.39. The largest absolute Gasteiger partial charge is 0.329 e. The standard InChI is InChI=1S/C16H27N3/c1-12-5-7-14(8-6-12)15(9-17)19-10-13(2)16(11-19)18(3)4/h5-8,13,15-16H,9-11,17H2,1-4H3. The molecule has 0 aliphatic carbocycles. The average molecular weight is 261 g/mol. The molecular formula is C16H27N3. The smallest absolute Gasteiger partial charge is 0.0471 e. The molecule has 106 valence electrons. The third-order valence-electron chi connectivity index (χ3n) is 4.39. The van der Waals surface area contributed by atoms with Gasteiger partial charge in [0.1, 0.15) is 0 Å². The fourth-order valence-corrected chi connectivity index (χ4v) is 3.20. The van der Waals surface area contributed by atoms with Gasteiger partial charge < -0.3 is 10.6 Å². The lowest BCUT2D eigenvalue weighted by Gasteiger charge is -2.28. The van der Waals surface area contributed by atoms with Gasteiger partial charge in [-0.25, -0.2) is 0 Å². The Balaban J connectivity index is 2.13. The van der Waals surface area contributed by atoms with Crippen LogP contribution in [0, 0.1) is 12.8 Å². The second kappa shape index (κ2) is 6.04. The molecule has 1 aliphatic heterocycles. The van der Waals surface area contributed by atoms with Crippen molar-refractivity contribution in [2.24, 2.45) is 11.7 Å². The zero-order valence-electron chi connectivity index (χ0n) is 12.6. The Bertz CT molecular complexity index is 399. The summed E-state index contributed by atoms with van der Waals surface area (Å²) in [6, 6.07) is 9.80. The van der Waals surface area contributed by atoms with Crippen molar-refractivity contribution in [3.05, 3.63) is 35.4 Å². The van der Waals surface area contributed by atoms with Crippen LogP contribution in [0.5, 0.6) is 0 Å². The number of aryl methyl sites for hydroxylation is 1. The van der Waals surface area contributed by atoms with Gasteiger partial charge in [0.15, 0.2) is 0 Å². The summed E-state index contributed by atoms with van der Waals surface area (Å²) in [6.07, 6.45) is 0. The first-order valence-electron chi connectivity index (χ1n) is 7.20. The van der Waals surface area contributed by atoms with Crippen molar-refractivity contribution >= 4 is 0 Å². The molecule has 19 heavy (non-hydrogen) atoms. The fraction of sp³-hybridized carbons (Fsp3) is 0.625. The Kier molecular flexibility index (Phi) is 4.61. The predicted octanol–water partition coefficient (Wildman–Crippen LogP) is 1.88. The Morgan fingerprint density at radius 1 is 1.26 bits per heavy atom. The van der Waals surface area contributed by atoms with Crippen molar-refractivity contribution in [3.63, 3.8) is 0 Å². The van der Waals surface area contributed by atoms with Crippen molar-refractivity contribution in [1.29, 1.82) is 0 Å². The molecule has 1 aromatic carbocycles. The minimum absolute atomic E-state index is 0.355. The molecule has 2 N–H and O–H groups in total. The second-order valence-corrected chi connectivity index (χ2v) is 6.12. The van der Waals surface area contributed by atoms with Gasteiger partial charge in [-0.3, -0.25) is 4.90 Å². The summed E-state index contributed by atoms with van der Waals surface area (Å²) in [5.41, 5.74) is 8.69. The van der Waals surface area contributed by atoms with Crippen LogP contribution in [0.1, 0.15) is 24.1 Å². The summed E-state index contributed by atoms with van der Waals surface area (Å²) < 4.78 is 0. The van der Waals surface area contributed by atoms with E-state index in [9.17, 15) is 0 Å². The molecule has 0 amide bonds. The Morgan fingerprint density at radius 2 is 1.89 bits per heavy atom. The molecule has 1 fully saturated rings. The van der Waals surface area contributed by atoms with Crippen molar-refractivity contribution in [1.82, 2.24) is 9.80 Å². The lowest BCUT2D eigenvalue weighted by molar-refractivity contribution is 0.219. The second-order valence-electron chi connectivity index (χ2n) is 6.12. The fourth-order valence-electron chi connectivity index (χ4n) is 3.20. The normalized spacial score (nSPS) is 26.0. The van der Waals surface area contributed by atoms with Crippen molar-refractivity contribution in [3.8, 4) is 0 Å². The lowest BCUT2D eigenvalue weighted by atomic mass is 10.0. The van der Waals surface area contributed by atoms with Crippen LogP contribution in [0.25, 0.3) is 0 Å². The summed E-state index contributed by atoms with van der Waals surface area (Å²) in [5.74, 6) is 0.703. The monoisotopic (exact) mass is 261 g/mol. The molecule has 3 unspecified atom stereocenters. The van der Waals surface area contributed by atoms with Crippen LogP contribution in [0.2, 0.25) is 0 Å². The van der Waals surface area contributed by atoms with E-state index < -0.39 is 0 Å². The van der Waals surface area contributed by atoms with E-state index in [0.29, 0.717) is 24.5 Å². The minimum atomic E-state index is 0.355. The molecule has 0 spiro atoms. The van der Waals surface area contributed by atoms with E-state index >= 15 is 0 Å². The van der Waals surface area contributed by atoms with Gasteiger partial charge in [-0.15, -0.1) is 0 Å². The van der Waals surface area contributed by atoms with Gasteiger partial charge in [-0.05, 0) is 32.5 Å². The predicted molar refractivity (Wildman–Crippen MR) is 81.2 cm³/mol. The van der Waals surface area contributed by atoms with E-state index in [1.54, 1.807) is 0 Å². The summed E-state index contributed by atoms with van der Waals surface area (Å²) in [4.78, 5) is 4.88. The van der Waals surface area contributed by atoms with Gasteiger partial charge in [0.2, 0.25) is 0 Å². The molecule has 1 aromatic rings. The van der Waals surface area contributed by atoms with Gasteiger partial charge in [-0.2, -0.15) is 0 Å². The number of hydrogen-bond donors (Lipinski definition) is 1. The number of rotatable bonds is 4. The Labute approximate surface area is 117 Å². The van der Waals surface area contributed by atoms with Crippen molar-refractivity contribution in [2.45, 2.75) is 25.9 Å². The quantitative estimate of drug-likeness (QED) is 0.898. The SMILES string of the molecule is Cc1ccc(C(CN)N2CC(C)C(N(C)C)C2)cc1. The number of nitrogens with zero attached hydrogens (tertiary/aromatic N) is 2. The number of likely N-dealkylation sites (tertiary alicyclic amines) is 1. The lowest BCUT2D eigenvalue weighted by Crippen LogP contribution is -2.36. The summed E-state index contributed by atoms with van der Waals surface area (Å²) in [6.45, 7) is 7.41. The maximum absolute atomic E-state index is 6.03. The Hall–Kier alpha value is -0.900. The number of hydrogen-bond acceptors (Lipinski definition) is 3. The zero-order chi connectivity index (χ0) is 14.0. The van der Waals surface area contributed by atoms with Gasteiger partial charge in [-0.1, -0.05) is 36.8 Å². The highest BCUT2D eigenvalue weighted by Gasteiger charge is 2.34. The molecule has 3 heteroatoms. The van der Waals surface area contributed by atoms with Crippen LogP contribution in [0.15, 0.2) is 24.3 Å². The van der Waals surface area contributed by atoms with Crippen LogP contribution in [0.4, 0.5) is 0 Å². The Morgan fingerprint density at radius 3 is 2.37 bits per heavy atom. The third kappa shape index (κ3) is 3.16. The van der Waals surface area contributed by atoms with Crippen LogP contribution in [0.3, 0.4) is 0 Å². The molecular weight excluding hydrogens is 234 g/mol. The van der Waals surface area contributed by atoms with Crippen LogP contribution in [-0.4, -0.2) is 49.6 Å². The molecule has 0 saturated carbocycles. The molecule has 2 rings (SSSR count). The van der Waals surface area contributed by atoms with E-state index in [1.807, 2.05) is 0 Å². The van der Waals surface area contributed by atoms with Gasteiger partial charge in [0.25, 0.3) is 0 Å². The van der Waals surface area contributed by atoms with Gasteiger partial charge in [0, 0.05) is 31.7 Å². The van der Waals surface area contributed by atoms with Gasteiger partial charge >= 0.3 is 0 Å². The zero-order valence-corrected chi connectivity index (χ0v) is 12.6.